The zero-order valence-electron chi connectivity index (χ0n) is 11.5. The van der Waals surface area contributed by atoms with Crippen molar-refractivity contribution in [2.24, 2.45) is 0 Å². The van der Waals surface area contributed by atoms with E-state index in [2.05, 4.69) is 43.9 Å². The second-order valence-electron chi connectivity index (χ2n) is 5.36. The molecule has 1 aromatic rings. The van der Waals surface area contributed by atoms with E-state index < -0.39 is 6.10 Å². The zero-order valence-corrected chi connectivity index (χ0v) is 11.5. The summed E-state index contributed by atoms with van der Waals surface area (Å²) in [7, 11) is 0. The lowest BCUT2D eigenvalue weighted by atomic mass is 10.0. The molecule has 1 heterocycles. The number of hydrogen-bond donors (Lipinski definition) is 1. The Kier molecular flexibility index (Phi) is 4.38. The van der Waals surface area contributed by atoms with Crippen LogP contribution in [0, 0.1) is 13.8 Å². The number of nitrogens with zero attached hydrogens (tertiary/aromatic N) is 1. The lowest BCUT2D eigenvalue weighted by Gasteiger charge is -2.34. The van der Waals surface area contributed by atoms with Crippen LogP contribution in [0.25, 0.3) is 0 Å². The monoisotopic (exact) mass is 249 g/mol. The summed E-state index contributed by atoms with van der Waals surface area (Å²) in [5.41, 5.74) is 3.43. The maximum absolute atomic E-state index is 10.4. The van der Waals surface area contributed by atoms with Crippen molar-refractivity contribution in [1.82, 2.24) is 4.90 Å². The standard InChI is InChI=1S/C15H23NO2/c1-11-6-12(2)8-14(7-11)15(17)9-16-4-5-18-10-13(16)3/h6-8,13,15,17H,4-5,9-10H2,1-3H3. The average Bonchev–Trinajstić information content (AvgIpc) is 2.31. The molecule has 100 valence electrons. The van der Waals surface area contributed by atoms with E-state index in [1.807, 2.05) is 0 Å². The fourth-order valence-electron chi connectivity index (χ4n) is 2.56. The van der Waals surface area contributed by atoms with Gasteiger partial charge < -0.3 is 9.84 Å². The Morgan fingerprint density at radius 2 is 2.00 bits per heavy atom. The number of benzene rings is 1. The third kappa shape index (κ3) is 3.31. The number of β-amino-alcohol motifs (C(OH)–C–C–N with tert-alkyl or cyclic N) is 1. The van der Waals surface area contributed by atoms with Crippen molar-refractivity contribution in [3.63, 3.8) is 0 Å². The van der Waals surface area contributed by atoms with Gasteiger partial charge in [0.2, 0.25) is 0 Å². The van der Waals surface area contributed by atoms with Crippen LogP contribution in [-0.4, -0.2) is 42.4 Å². The molecule has 0 aliphatic carbocycles. The Balaban J connectivity index is 2.04. The highest BCUT2D eigenvalue weighted by Gasteiger charge is 2.22. The van der Waals surface area contributed by atoms with Crippen molar-refractivity contribution < 1.29 is 9.84 Å². The molecular weight excluding hydrogens is 226 g/mol. The average molecular weight is 249 g/mol. The van der Waals surface area contributed by atoms with Crippen molar-refractivity contribution in [3.8, 4) is 0 Å². The Bertz CT molecular complexity index is 385. The Morgan fingerprint density at radius 3 is 2.61 bits per heavy atom. The molecule has 18 heavy (non-hydrogen) atoms. The molecule has 3 nitrogen and oxygen atoms in total. The van der Waals surface area contributed by atoms with Gasteiger partial charge in [0.1, 0.15) is 0 Å². The van der Waals surface area contributed by atoms with Crippen molar-refractivity contribution in [2.75, 3.05) is 26.3 Å². The number of aliphatic hydroxyl groups excluding tert-OH is 1. The lowest BCUT2D eigenvalue weighted by Crippen LogP contribution is -2.45. The second-order valence-corrected chi connectivity index (χ2v) is 5.36. The van der Waals surface area contributed by atoms with Crippen LogP contribution in [-0.2, 0) is 4.74 Å². The summed E-state index contributed by atoms with van der Waals surface area (Å²) in [5.74, 6) is 0. The van der Waals surface area contributed by atoms with Gasteiger partial charge in [0.05, 0.1) is 19.3 Å². The first-order valence-electron chi connectivity index (χ1n) is 6.64. The largest absolute Gasteiger partial charge is 0.387 e. The first-order chi connectivity index (χ1) is 8.56. The quantitative estimate of drug-likeness (QED) is 0.890. The van der Waals surface area contributed by atoms with Gasteiger partial charge in [0, 0.05) is 19.1 Å². The van der Waals surface area contributed by atoms with Crippen molar-refractivity contribution in [1.29, 1.82) is 0 Å². The van der Waals surface area contributed by atoms with Gasteiger partial charge in [-0.2, -0.15) is 0 Å². The molecule has 0 saturated carbocycles. The van der Waals surface area contributed by atoms with E-state index >= 15 is 0 Å². The summed E-state index contributed by atoms with van der Waals surface area (Å²) in [5, 5.41) is 10.4. The Morgan fingerprint density at radius 1 is 1.33 bits per heavy atom. The number of aryl methyl sites for hydroxylation is 2. The normalized spacial score (nSPS) is 23.0. The maximum Gasteiger partial charge on any atom is 0.0917 e. The number of hydrogen-bond acceptors (Lipinski definition) is 3. The predicted octanol–water partition coefficient (Wildman–Crippen LogP) is 2.06. The molecule has 1 aromatic carbocycles. The molecule has 0 spiro atoms. The molecule has 3 heteroatoms. The molecule has 2 unspecified atom stereocenters. The first kappa shape index (κ1) is 13.5. The molecule has 0 aromatic heterocycles. The van der Waals surface area contributed by atoms with Gasteiger partial charge in [0.25, 0.3) is 0 Å². The van der Waals surface area contributed by atoms with Gasteiger partial charge >= 0.3 is 0 Å². The summed E-state index contributed by atoms with van der Waals surface area (Å²) < 4.78 is 5.41. The third-order valence-electron chi connectivity index (χ3n) is 3.54. The van der Waals surface area contributed by atoms with E-state index in [0.29, 0.717) is 12.6 Å². The maximum atomic E-state index is 10.4. The van der Waals surface area contributed by atoms with Gasteiger partial charge in [-0.15, -0.1) is 0 Å². The lowest BCUT2D eigenvalue weighted by molar-refractivity contribution is -0.0203. The molecule has 0 bridgehead atoms. The van der Waals surface area contributed by atoms with Crippen LogP contribution in [0.2, 0.25) is 0 Å². The van der Waals surface area contributed by atoms with Crippen LogP contribution in [0.15, 0.2) is 18.2 Å². The van der Waals surface area contributed by atoms with E-state index in [1.54, 1.807) is 0 Å². The van der Waals surface area contributed by atoms with Crippen LogP contribution >= 0.6 is 0 Å². The van der Waals surface area contributed by atoms with Gasteiger partial charge in [-0.1, -0.05) is 29.3 Å². The fourth-order valence-corrected chi connectivity index (χ4v) is 2.56. The van der Waals surface area contributed by atoms with Gasteiger partial charge in [-0.3, -0.25) is 4.90 Å². The highest BCUT2D eigenvalue weighted by molar-refractivity contribution is 5.30. The molecule has 1 N–H and O–H groups in total. The van der Waals surface area contributed by atoms with Crippen molar-refractivity contribution >= 4 is 0 Å². The van der Waals surface area contributed by atoms with Crippen LogP contribution < -0.4 is 0 Å². The number of aliphatic hydroxyl groups is 1. The van der Waals surface area contributed by atoms with Gasteiger partial charge in [0.15, 0.2) is 0 Å². The molecular formula is C15H23NO2. The second kappa shape index (κ2) is 5.83. The number of morpholine rings is 1. The van der Waals surface area contributed by atoms with Crippen LogP contribution in [0.4, 0.5) is 0 Å². The summed E-state index contributed by atoms with van der Waals surface area (Å²) in [6.07, 6.45) is -0.413. The Hall–Kier alpha value is -0.900. The predicted molar refractivity (Wildman–Crippen MR) is 72.7 cm³/mol. The SMILES string of the molecule is Cc1cc(C)cc(C(O)CN2CCOCC2C)c1. The summed E-state index contributed by atoms with van der Waals surface area (Å²) >= 11 is 0. The molecule has 2 atom stereocenters. The highest BCUT2D eigenvalue weighted by Crippen LogP contribution is 2.19. The molecule has 1 aliphatic rings. The molecule has 0 radical (unpaired) electrons. The highest BCUT2D eigenvalue weighted by atomic mass is 16.5. The van der Waals surface area contributed by atoms with E-state index in [4.69, 9.17) is 4.74 Å². The fraction of sp³-hybridized carbons (Fsp3) is 0.600. The minimum absolute atomic E-state index is 0.388. The summed E-state index contributed by atoms with van der Waals surface area (Å²) in [6, 6.07) is 6.67. The molecule has 1 saturated heterocycles. The minimum Gasteiger partial charge on any atom is -0.387 e. The van der Waals surface area contributed by atoms with E-state index in [0.717, 1.165) is 25.3 Å². The van der Waals surface area contributed by atoms with Crippen molar-refractivity contribution in [3.05, 3.63) is 34.9 Å². The molecule has 0 amide bonds. The van der Waals surface area contributed by atoms with E-state index in [9.17, 15) is 5.11 Å². The third-order valence-corrected chi connectivity index (χ3v) is 3.54. The smallest absolute Gasteiger partial charge is 0.0917 e. The zero-order chi connectivity index (χ0) is 13.1. The summed E-state index contributed by atoms with van der Waals surface area (Å²) in [4.78, 5) is 2.30. The molecule has 2 rings (SSSR count). The topological polar surface area (TPSA) is 32.7 Å². The van der Waals surface area contributed by atoms with Crippen LogP contribution in [0.1, 0.15) is 29.7 Å². The van der Waals surface area contributed by atoms with Gasteiger partial charge in [-0.05, 0) is 26.3 Å². The van der Waals surface area contributed by atoms with E-state index in [-0.39, 0.29) is 0 Å². The van der Waals surface area contributed by atoms with Crippen molar-refractivity contribution in [2.45, 2.75) is 32.9 Å². The summed E-state index contributed by atoms with van der Waals surface area (Å²) in [6.45, 7) is 9.41. The number of rotatable bonds is 3. The van der Waals surface area contributed by atoms with E-state index in [1.165, 1.54) is 11.1 Å². The van der Waals surface area contributed by atoms with Crippen LogP contribution in [0.5, 0.6) is 0 Å². The Labute approximate surface area is 109 Å². The van der Waals surface area contributed by atoms with Gasteiger partial charge in [-0.25, -0.2) is 0 Å². The molecule has 1 fully saturated rings. The van der Waals surface area contributed by atoms with Crippen LogP contribution in [0.3, 0.4) is 0 Å². The minimum atomic E-state index is -0.413. The number of ether oxygens (including phenoxy) is 1. The molecule has 1 aliphatic heterocycles. The first-order valence-corrected chi connectivity index (χ1v) is 6.64.